The lowest BCUT2D eigenvalue weighted by atomic mass is 10.00. The van der Waals surface area contributed by atoms with Crippen LogP contribution in [-0.2, 0) is 0 Å². The number of carbonyl (C=O) groups is 1. The summed E-state index contributed by atoms with van der Waals surface area (Å²) in [6, 6.07) is 12.8. The van der Waals surface area contributed by atoms with Crippen LogP contribution in [0.25, 0.3) is 16.1 Å². The normalized spacial score (nSPS) is 10.2. The molecule has 1 aromatic heterocycles. The number of hydrogen-bond donors (Lipinski definition) is 1. The minimum atomic E-state index is -0.173. The van der Waals surface area contributed by atoms with Gasteiger partial charge in [0.15, 0.2) is 10.8 Å². The average Bonchev–Trinajstić information content (AvgIpc) is 3.02. The zero-order chi connectivity index (χ0) is 17.1. The first-order chi connectivity index (χ1) is 11.6. The largest absolute Gasteiger partial charge is 0.298 e. The number of nitrogens with zero attached hydrogens (tertiary/aromatic N) is 2. The highest BCUT2D eigenvalue weighted by Crippen LogP contribution is 2.33. The Hall–Kier alpha value is -2.97. The number of hydrogen-bond acceptors (Lipinski definition) is 3. The van der Waals surface area contributed by atoms with Gasteiger partial charge in [-0.1, -0.05) is 41.5 Å². The summed E-state index contributed by atoms with van der Waals surface area (Å²) >= 11 is 1.39. The number of benzene rings is 2. The van der Waals surface area contributed by atoms with Gasteiger partial charge in [0.05, 0.1) is 12.3 Å². The number of nitrogens with one attached hydrogen (secondary N) is 1. The number of amides is 1. The summed E-state index contributed by atoms with van der Waals surface area (Å²) < 4.78 is 0. The Morgan fingerprint density at radius 2 is 1.83 bits per heavy atom. The van der Waals surface area contributed by atoms with Gasteiger partial charge < -0.3 is 0 Å². The Kier molecular flexibility index (Phi) is 4.41. The molecule has 3 rings (SSSR count). The summed E-state index contributed by atoms with van der Waals surface area (Å²) in [5.74, 6) is -0.173. The topological polar surface area (TPSA) is 46.4 Å². The minimum Gasteiger partial charge on any atom is -0.298 e. The van der Waals surface area contributed by atoms with Gasteiger partial charge in [-0.3, -0.25) is 10.1 Å². The summed E-state index contributed by atoms with van der Waals surface area (Å²) in [5.41, 5.74) is 5.07. The number of rotatable bonds is 3. The summed E-state index contributed by atoms with van der Waals surface area (Å²) in [5, 5.41) is 5.32. The maximum Gasteiger partial charge on any atom is 0.257 e. The van der Waals surface area contributed by atoms with Crippen molar-refractivity contribution < 1.29 is 4.79 Å². The molecule has 0 fully saturated rings. The molecule has 0 saturated heterocycles. The quantitative estimate of drug-likeness (QED) is 0.667. The van der Waals surface area contributed by atoms with E-state index in [1.54, 1.807) is 12.1 Å². The smallest absolute Gasteiger partial charge is 0.257 e. The number of thiazole rings is 1. The monoisotopic (exact) mass is 333 g/mol. The third kappa shape index (κ3) is 3.19. The molecule has 0 atom stereocenters. The molecule has 24 heavy (non-hydrogen) atoms. The van der Waals surface area contributed by atoms with Crippen LogP contribution in [0.15, 0.2) is 47.8 Å². The van der Waals surface area contributed by atoms with E-state index in [2.05, 4.69) is 15.1 Å². The van der Waals surface area contributed by atoms with E-state index in [4.69, 9.17) is 6.57 Å². The van der Waals surface area contributed by atoms with Crippen molar-refractivity contribution in [2.45, 2.75) is 13.8 Å². The fraction of sp³-hybridized carbons (Fsp3) is 0.105. The van der Waals surface area contributed by atoms with Gasteiger partial charge in [-0.2, -0.15) is 0 Å². The van der Waals surface area contributed by atoms with E-state index in [0.717, 1.165) is 22.4 Å². The predicted octanol–water partition coefficient (Wildman–Crippen LogP) is 5.23. The molecule has 0 radical (unpaired) electrons. The van der Waals surface area contributed by atoms with Crippen LogP contribution in [0.4, 0.5) is 10.8 Å². The maximum atomic E-state index is 12.2. The van der Waals surface area contributed by atoms with Gasteiger partial charge in [0.1, 0.15) is 0 Å². The predicted molar refractivity (Wildman–Crippen MR) is 97.7 cm³/mol. The minimum absolute atomic E-state index is 0.173. The lowest BCUT2D eigenvalue weighted by Crippen LogP contribution is -2.11. The molecule has 5 heteroatoms. The average molecular weight is 333 g/mol. The lowest BCUT2D eigenvalue weighted by Gasteiger charge is -2.08. The van der Waals surface area contributed by atoms with Gasteiger partial charge in [0.25, 0.3) is 5.91 Å². The zero-order valence-electron chi connectivity index (χ0n) is 13.3. The van der Waals surface area contributed by atoms with E-state index in [9.17, 15) is 4.79 Å². The van der Waals surface area contributed by atoms with E-state index in [1.807, 2.05) is 49.6 Å². The summed E-state index contributed by atoms with van der Waals surface area (Å²) in [6.45, 7) is 11.1. The summed E-state index contributed by atoms with van der Waals surface area (Å²) in [6.07, 6.45) is 0. The highest BCUT2D eigenvalue weighted by molar-refractivity contribution is 7.14. The summed E-state index contributed by atoms with van der Waals surface area (Å²) in [7, 11) is 0. The van der Waals surface area contributed by atoms with Crippen molar-refractivity contribution in [3.8, 4) is 11.3 Å². The van der Waals surface area contributed by atoms with Gasteiger partial charge >= 0.3 is 0 Å². The molecular weight excluding hydrogens is 318 g/mol. The van der Waals surface area contributed by atoms with Crippen LogP contribution in [0.3, 0.4) is 0 Å². The van der Waals surface area contributed by atoms with Gasteiger partial charge in [-0.25, -0.2) is 9.83 Å². The maximum absolute atomic E-state index is 12.2. The van der Waals surface area contributed by atoms with Crippen LogP contribution in [0.2, 0.25) is 0 Å². The van der Waals surface area contributed by atoms with Crippen LogP contribution in [0.1, 0.15) is 21.5 Å². The second kappa shape index (κ2) is 6.65. The van der Waals surface area contributed by atoms with E-state index >= 15 is 0 Å². The molecule has 0 aliphatic heterocycles. The highest BCUT2D eigenvalue weighted by atomic mass is 32.1. The number of carbonyl (C=O) groups excluding carboxylic acids is 1. The Morgan fingerprint density at radius 1 is 1.17 bits per heavy atom. The van der Waals surface area contributed by atoms with Crippen molar-refractivity contribution in [2.75, 3.05) is 5.32 Å². The van der Waals surface area contributed by atoms with Crippen LogP contribution in [0.5, 0.6) is 0 Å². The summed E-state index contributed by atoms with van der Waals surface area (Å²) in [4.78, 5) is 20.2. The van der Waals surface area contributed by atoms with Gasteiger partial charge in [0.2, 0.25) is 0 Å². The molecule has 0 spiro atoms. The van der Waals surface area contributed by atoms with Crippen molar-refractivity contribution >= 4 is 28.1 Å². The number of anilines is 1. The van der Waals surface area contributed by atoms with Crippen molar-refractivity contribution in [2.24, 2.45) is 0 Å². The van der Waals surface area contributed by atoms with E-state index < -0.39 is 0 Å². The third-order valence-corrected chi connectivity index (χ3v) is 4.42. The molecule has 0 bridgehead atoms. The highest BCUT2D eigenvalue weighted by Gasteiger charge is 2.13. The van der Waals surface area contributed by atoms with Crippen molar-refractivity contribution in [3.05, 3.63) is 76.0 Å². The van der Waals surface area contributed by atoms with Crippen LogP contribution < -0.4 is 5.32 Å². The van der Waals surface area contributed by atoms with Crippen LogP contribution in [-0.4, -0.2) is 10.9 Å². The third-order valence-electron chi connectivity index (χ3n) is 3.66. The van der Waals surface area contributed by atoms with E-state index in [0.29, 0.717) is 16.4 Å². The molecule has 1 amide bonds. The first kappa shape index (κ1) is 15.9. The fourth-order valence-corrected chi connectivity index (χ4v) is 3.31. The Bertz CT molecular complexity index is 916. The standard InChI is InChI=1S/C19H15N3OS/c1-12-9-15(20-3)10-13(2)17(12)16-11-24-19(21-16)22-18(23)14-7-5-4-6-8-14/h4-11H,1-2H3,(H,21,22,23). The molecule has 4 nitrogen and oxygen atoms in total. The van der Waals surface area contributed by atoms with Crippen LogP contribution >= 0.6 is 11.3 Å². The molecule has 118 valence electrons. The molecular formula is C19H15N3OS. The molecule has 0 aliphatic carbocycles. The first-order valence-electron chi connectivity index (χ1n) is 7.39. The zero-order valence-corrected chi connectivity index (χ0v) is 14.1. The fourth-order valence-electron chi connectivity index (χ4n) is 2.61. The van der Waals surface area contributed by atoms with Crippen LogP contribution in [0, 0.1) is 20.4 Å². The molecule has 3 aromatic rings. The molecule has 0 unspecified atom stereocenters. The second-order valence-electron chi connectivity index (χ2n) is 5.42. The van der Waals surface area contributed by atoms with Gasteiger partial charge in [0, 0.05) is 16.5 Å². The SMILES string of the molecule is [C-]#[N+]c1cc(C)c(-c2csc(NC(=O)c3ccccc3)n2)c(C)c1. The van der Waals surface area contributed by atoms with E-state index in [-0.39, 0.29) is 5.91 Å². The van der Waals surface area contributed by atoms with Crippen molar-refractivity contribution in [1.29, 1.82) is 0 Å². The van der Waals surface area contributed by atoms with Gasteiger partial charge in [-0.05, 0) is 26.0 Å². The van der Waals surface area contributed by atoms with E-state index in [1.165, 1.54) is 11.3 Å². The number of aryl methyl sites for hydroxylation is 2. The number of aromatic nitrogens is 1. The molecule has 0 aliphatic rings. The van der Waals surface area contributed by atoms with Gasteiger partial charge in [-0.15, -0.1) is 11.3 Å². The lowest BCUT2D eigenvalue weighted by molar-refractivity contribution is 0.102. The van der Waals surface area contributed by atoms with Crippen molar-refractivity contribution in [3.63, 3.8) is 0 Å². The first-order valence-corrected chi connectivity index (χ1v) is 8.27. The van der Waals surface area contributed by atoms with Crippen molar-refractivity contribution in [1.82, 2.24) is 4.98 Å². The Balaban J connectivity index is 1.87. The second-order valence-corrected chi connectivity index (χ2v) is 6.28. The Morgan fingerprint density at radius 3 is 2.46 bits per heavy atom. The Labute approximate surface area is 144 Å². The molecule has 1 N–H and O–H groups in total. The molecule has 1 heterocycles. The molecule has 0 saturated carbocycles. The molecule has 2 aromatic carbocycles.